The van der Waals surface area contributed by atoms with Gasteiger partial charge in [0.1, 0.15) is 11.4 Å². The maximum Gasteiger partial charge on any atom is 0.275 e. The van der Waals surface area contributed by atoms with Crippen LogP contribution >= 0.6 is 23.2 Å². The number of benzene rings is 2. The Morgan fingerprint density at radius 1 is 1.06 bits per heavy atom. The molecule has 5 nitrogen and oxygen atoms in total. The lowest BCUT2D eigenvalue weighted by molar-refractivity contribution is -0.146. The number of hydrogen-bond acceptors (Lipinski definition) is 4. The van der Waals surface area contributed by atoms with Gasteiger partial charge in [0.2, 0.25) is 0 Å². The molecule has 4 atom stereocenters. The highest BCUT2D eigenvalue weighted by Crippen LogP contribution is 2.72. The lowest BCUT2D eigenvalue weighted by Crippen LogP contribution is -2.56. The number of amides is 1. The summed E-state index contributed by atoms with van der Waals surface area (Å²) in [4.78, 5) is 33.7. The molecule has 2 aromatic carbocycles. The number of halogens is 2. The standard InChI is InChI=1S/C29H30Cl2N2O3/c1-16(34)17-6-8-18(9-7-17)24-26(2,3)27(4,5)28-13-20(14-36-28)29(15-28)32-23(25(35)33(24)29)19-10-21(30)12-22(31)11-19/h6-12,20,24H,13-15H2,1-5H3. The number of carbonyl (C=O) groups is 2. The molecule has 1 saturated carbocycles. The monoisotopic (exact) mass is 524 g/mol. The van der Waals surface area contributed by atoms with Gasteiger partial charge in [-0.1, -0.05) is 75.2 Å². The molecule has 3 fully saturated rings. The van der Waals surface area contributed by atoms with E-state index >= 15 is 0 Å². The second-order valence-electron chi connectivity index (χ2n) is 12.0. The Bertz CT molecular complexity index is 1330. The van der Waals surface area contributed by atoms with Gasteiger partial charge in [-0.05, 0) is 42.5 Å². The Labute approximate surface area is 221 Å². The second-order valence-corrected chi connectivity index (χ2v) is 12.9. The van der Waals surface area contributed by atoms with Crippen molar-refractivity contribution >= 4 is 40.6 Å². The van der Waals surface area contributed by atoms with E-state index in [1.54, 1.807) is 25.1 Å². The summed E-state index contributed by atoms with van der Waals surface area (Å²) in [6.45, 7) is 11.2. The molecule has 1 aliphatic carbocycles. The zero-order valence-corrected chi connectivity index (χ0v) is 22.7. The molecule has 3 bridgehead atoms. The van der Waals surface area contributed by atoms with E-state index in [1.165, 1.54) is 0 Å². The minimum absolute atomic E-state index is 0.0172. The SMILES string of the molecule is CC(=O)c1ccc(C2N3C(=O)C(c4cc(Cl)cc(Cl)c4)=NC34CC3(CC4CO3)C(C)(C)C2(C)C)cc1. The quantitative estimate of drug-likeness (QED) is 0.430. The highest BCUT2D eigenvalue weighted by Gasteiger charge is 2.76. The molecule has 3 aliphatic heterocycles. The summed E-state index contributed by atoms with van der Waals surface area (Å²) in [6, 6.07) is 12.6. The maximum atomic E-state index is 14.4. The number of carbonyl (C=O) groups excluding carboxylic acids is 2. The van der Waals surface area contributed by atoms with Gasteiger partial charge in [-0.25, -0.2) is 0 Å². The smallest absolute Gasteiger partial charge is 0.275 e. The third kappa shape index (κ3) is 2.91. The van der Waals surface area contributed by atoms with Crippen LogP contribution in [0.3, 0.4) is 0 Å². The fourth-order valence-electron chi connectivity index (χ4n) is 7.35. The van der Waals surface area contributed by atoms with Crippen LogP contribution in [0.25, 0.3) is 0 Å². The molecule has 0 aromatic heterocycles. The van der Waals surface area contributed by atoms with Crippen LogP contribution in [-0.4, -0.2) is 40.2 Å². The molecule has 6 rings (SSSR count). The molecule has 188 valence electrons. The molecule has 2 saturated heterocycles. The Hall–Kier alpha value is -2.21. The second kappa shape index (κ2) is 7.43. The Kier molecular flexibility index (Phi) is 4.98. The molecule has 0 radical (unpaired) electrons. The highest BCUT2D eigenvalue weighted by molar-refractivity contribution is 6.48. The van der Waals surface area contributed by atoms with Gasteiger partial charge in [-0.2, -0.15) is 0 Å². The van der Waals surface area contributed by atoms with Crippen molar-refractivity contribution < 1.29 is 14.3 Å². The van der Waals surface area contributed by atoms with Crippen LogP contribution in [-0.2, 0) is 9.53 Å². The van der Waals surface area contributed by atoms with Crippen molar-refractivity contribution in [2.24, 2.45) is 21.7 Å². The number of ether oxygens (including phenoxy) is 1. The van der Waals surface area contributed by atoms with Crippen LogP contribution in [0.15, 0.2) is 47.5 Å². The third-order valence-electron chi connectivity index (χ3n) is 9.94. The molecule has 2 spiro atoms. The molecule has 4 aliphatic rings. The number of hydrogen-bond donors (Lipinski definition) is 0. The van der Waals surface area contributed by atoms with Crippen LogP contribution in [0.4, 0.5) is 0 Å². The minimum atomic E-state index is -0.700. The lowest BCUT2D eigenvalue weighted by Gasteiger charge is -2.54. The Morgan fingerprint density at radius 3 is 2.31 bits per heavy atom. The van der Waals surface area contributed by atoms with Crippen molar-refractivity contribution in [3.05, 3.63) is 69.2 Å². The van der Waals surface area contributed by atoms with Crippen LogP contribution in [0.2, 0.25) is 10.0 Å². The molecule has 1 amide bonds. The van der Waals surface area contributed by atoms with Crippen LogP contribution < -0.4 is 0 Å². The summed E-state index contributed by atoms with van der Waals surface area (Å²) < 4.78 is 6.60. The first-order chi connectivity index (χ1) is 16.8. The van der Waals surface area contributed by atoms with Crippen molar-refractivity contribution in [3.63, 3.8) is 0 Å². The minimum Gasteiger partial charge on any atom is -0.374 e. The van der Waals surface area contributed by atoms with E-state index in [0.717, 1.165) is 12.0 Å². The van der Waals surface area contributed by atoms with Crippen LogP contribution in [0.1, 0.15) is 75.0 Å². The number of fused-ring (bicyclic) bond motifs is 1. The van der Waals surface area contributed by atoms with Crippen molar-refractivity contribution in [2.45, 2.75) is 64.8 Å². The zero-order valence-electron chi connectivity index (χ0n) is 21.2. The third-order valence-corrected chi connectivity index (χ3v) is 10.4. The summed E-state index contributed by atoms with van der Waals surface area (Å²) in [5.74, 6) is 0.00833. The predicted octanol–water partition coefficient (Wildman–Crippen LogP) is 6.51. The van der Waals surface area contributed by atoms with E-state index in [-0.39, 0.29) is 34.5 Å². The van der Waals surface area contributed by atoms with Gasteiger partial charge in [-0.15, -0.1) is 0 Å². The van der Waals surface area contributed by atoms with E-state index < -0.39 is 11.3 Å². The lowest BCUT2D eigenvalue weighted by atomic mass is 9.55. The largest absolute Gasteiger partial charge is 0.374 e. The van der Waals surface area contributed by atoms with Crippen molar-refractivity contribution in [2.75, 3.05) is 6.61 Å². The molecule has 4 unspecified atom stereocenters. The fraction of sp³-hybridized carbons (Fsp3) is 0.483. The first kappa shape index (κ1) is 24.1. The van der Waals surface area contributed by atoms with Crippen molar-refractivity contribution in [3.8, 4) is 0 Å². The van der Waals surface area contributed by atoms with Gasteiger partial charge < -0.3 is 9.64 Å². The fourth-order valence-corrected chi connectivity index (χ4v) is 7.88. The average Bonchev–Trinajstić information content (AvgIpc) is 3.45. The molecule has 36 heavy (non-hydrogen) atoms. The van der Waals surface area contributed by atoms with Gasteiger partial charge in [0, 0.05) is 38.9 Å². The van der Waals surface area contributed by atoms with Gasteiger partial charge in [-0.3, -0.25) is 14.6 Å². The zero-order chi connectivity index (χ0) is 25.8. The molecular formula is C29H30Cl2N2O3. The van der Waals surface area contributed by atoms with Gasteiger partial charge in [0.05, 0.1) is 18.2 Å². The number of rotatable bonds is 3. The van der Waals surface area contributed by atoms with Gasteiger partial charge in [0.25, 0.3) is 5.91 Å². The maximum absolute atomic E-state index is 14.4. The summed E-state index contributed by atoms with van der Waals surface area (Å²) in [7, 11) is 0. The topological polar surface area (TPSA) is 59.0 Å². The van der Waals surface area contributed by atoms with Crippen LogP contribution in [0, 0.1) is 16.7 Å². The number of Topliss-reactive ketones (excluding diaryl/α,β-unsaturated/α-hetero) is 1. The van der Waals surface area contributed by atoms with E-state index in [0.29, 0.717) is 39.9 Å². The summed E-state index contributed by atoms with van der Waals surface area (Å²) in [5.41, 5.74) is 0.961. The summed E-state index contributed by atoms with van der Waals surface area (Å²) in [6.07, 6.45) is 1.53. The number of aliphatic imine (C=N–C) groups is 1. The Balaban J connectivity index is 1.59. The van der Waals surface area contributed by atoms with E-state index in [2.05, 4.69) is 27.7 Å². The predicted molar refractivity (Wildman–Crippen MR) is 141 cm³/mol. The normalized spacial score (nSPS) is 33.4. The van der Waals surface area contributed by atoms with Gasteiger partial charge >= 0.3 is 0 Å². The van der Waals surface area contributed by atoms with Gasteiger partial charge in [0.15, 0.2) is 5.78 Å². The average molecular weight is 525 g/mol. The molecule has 0 N–H and O–H groups in total. The molecule has 7 heteroatoms. The van der Waals surface area contributed by atoms with E-state index in [1.807, 2.05) is 29.2 Å². The van der Waals surface area contributed by atoms with E-state index in [9.17, 15) is 9.59 Å². The number of ketones is 1. The molecule has 3 heterocycles. The Morgan fingerprint density at radius 2 is 1.69 bits per heavy atom. The van der Waals surface area contributed by atoms with E-state index in [4.69, 9.17) is 32.9 Å². The summed E-state index contributed by atoms with van der Waals surface area (Å²) >= 11 is 12.7. The van der Waals surface area contributed by atoms with Crippen molar-refractivity contribution in [1.29, 1.82) is 0 Å². The first-order valence-corrected chi connectivity index (χ1v) is 13.2. The van der Waals surface area contributed by atoms with Crippen molar-refractivity contribution in [1.82, 2.24) is 4.90 Å². The highest BCUT2D eigenvalue weighted by atomic mass is 35.5. The molecule has 2 aromatic rings. The molecular weight excluding hydrogens is 495 g/mol. The number of nitrogens with zero attached hydrogens (tertiary/aromatic N) is 2. The first-order valence-electron chi connectivity index (χ1n) is 12.5. The summed E-state index contributed by atoms with van der Waals surface area (Å²) in [5, 5.41) is 0.941. The van der Waals surface area contributed by atoms with Crippen LogP contribution in [0.5, 0.6) is 0 Å².